The predicted molar refractivity (Wildman–Crippen MR) is 69.0 cm³/mol. The summed E-state index contributed by atoms with van der Waals surface area (Å²) < 4.78 is 11.9. The number of ether oxygens (including phenoxy) is 2. The van der Waals surface area contributed by atoms with Crippen molar-refractivity contribution in [3.05, 3.63) is 0 Å². The Morgan fingerprint density at radius 3 is 2.65 bits per heavy atom. The number of aliphatic hydroxyl groups excluding tert-OH is 1. The van der Waals surface area contributed by atoms with Gasteiger partial charge in [-0.15, -0.1) is 0 Å². The highest BCUT2D eigenvalue weighted by Gasteiger charge is 2.69. The molecule has 0 radical (unpaired) electrons. The molecule has 114 valence electrons. The molecule has 4 saturated heterocycles. The van der Waals surface area contributed by atoms with Gasteiger partial charge in [0.15, 0.2) is 18.2 Å². The Morgan fingerprint density at radius 2 is 1.85 bits per heavy atom. The van der Waals surface area contributed by atoms with Crippen molar-refractivity contribution >= 4 is 0 Å². The zero-order valence-corrected chi connectivity index (χ0v) is 12.4. The first-order chi connectivity index (χ1) is 9.46. The molecule has 4 aliphatic heterocycles. The Hall–Kier alpha value is -0.200. The minimum Gasteiger partial charge on any atom is -0.368 e. The van der Waals surface area contributed by atoms with Crippen molar-refractivity contribution in [1.29, 1.82) is 0 Å². The summed E-state index contributed by atoms with van der Waals surface area (Å²) in [4.78, 5) is 11.6. The number of hydrogen-bond donors (Lipinski definition) is 1. The van der Waals surface area contributed by atoms with Gasteiger partial charge in [0.1, 0.15) is 0 Å². The molecule has 5 heteroatoms. The minimum atomic E-state index is -0.781. The fourth-order valence-electron chi connectivity index (χ4n) is 4.89. The van der Waals surface area contributed by atoms with Crippen LogP contribution < -0.4 is 0 Å². The molecule has 1 saturated carbocycles. The quantitative estimate of drug-likeness (QED) is 0.691. The molecule has 20 heavy (non-hydrogen) atoms. The molecule has 5 nitrogen and oxygen atoms in total. The van der Waals surface area contributed by atoms with E-state index in [0.29, 0.717) is 11.8 Å². The van der Waals surface area contributed by atoms with Gasteiger partial charge in [-0.2, -0.15) is 0 Å². The molecule has 1 spiro atoms. The van der Waals surface area contributed by atoms with Gasteiger partial charge in [0.2, 0.25) is 5.79 Å². The Bertz CT molecular complexity index is 411. The average Bonchev–Trinajstić information content (AvgIpc) is 2.63. The average molecular weight is 284 g/mol. The molecule has 0 aromatic heterocycles. The molecule has 2 bridgehead atoms. The molecular formula is C15H24O5. The molecular weight excluding hydrogens is 260 g/mol. The number of aliphatic hydroxyl groups is 1. The van der Waals surface area contributed by atoms with Crippen LogP contribution in [0.4, 0.5) is 0 Å². The number of fused-ring (bicyclic) bond motifs is 2. The standard InChI is InChI=1S/C15H24O5/c1-8-4-5-11-9(2)12(16)17-13-15(11)10(8)6-7-14(3,18-13)19-20-15/h8-13,16H,4-7H2,1-3H3/t8?,9-,10?,11?,12+,13-,14+,15?/m1/s1. The minimum absolute atomic E-state index is 0.0379. The highest BCUT2D eigenvalue weighted by Crippen LogP contribution is 2.60. The second kappa shape index (κ2) is 4.17. The van der Waals surface area contributed by atoms with Gasteiger partial charge in [0.05, 0.1) is 0 Å². The molecule has 0 amide bonds. The second-order valence-electron chi connectivity index (χ2n) is 7.30. The van der Waals surface area contributed by atoms with Crippen molar-refractivity contribution in [2.24, 2.45) is 23.7 Å². The van der Waals surface area contributed by atoms with E-state index in [9.17, 15) is 5.11 Å². The lowest BCUT2D eigenvalue weighted by Gasteiger charge is -2.59. The maximum atomic E-state index is 10.2. The summed E-state index contributed by atoms with van der Waals surface area (Å²) in [6.45, 7) is 6.22. The van der Waals surface area contributed by atoms with Gasteiger partial charge in [-0.3, -0.25) is 0 Å². The maximum Gasteiger partial charge on any atom is 0.201 e. The first-order valence-corrected chi connectivity index (χ1v) is 7.84. The van der Waals surface area contributed by atoms with Gasteiger partial charge in [0.25, 0.3) is 0 Å². The van der Waals surface area contributed by atoms with E-state index in [1.165, 1.54) is 6.42 Å². The highest BCUT2D eigenvalue weighted by atomic mass is 17.3. The Morgan fingerprint density at radius 1 is 1.05 bits per heavy atom. The largest absolute Gasteiger partial charge is 0.368 e. The lowest BCUT2D eigenvalue weighted by atomic mass is 9.58. The predicted octanol–water partition coefficient (Wildman–Crippen LogP) is 2.19. The van der Waals surface area contributed by atoms with Gasteiger partial charge in [-0.25, -0.2) is 9.78 Å². The molecule has 5 fully saturated rings. The van der Waals surface area contributed by atoms with Gasteiger partial charge in [-0.1, -0.05) is 13.8 Å². The van der Waals surface area contributed by atoms with Crippen LogP contribution in [-0.2, 0) is 19.2 Å². The van der Waals surface area contributed by atoms with E-state index in [1.807, 2.05) is 13.8 Å². The van der Waals surface area contributed by atoms with Crippen molar-refractivity contribution in [2.75, 3.05) is 0 Å². The molecule has 1 N–H and O–H groups in total. The van der Waals surface area contributed by atoms with Crippen molar-refractivity contribution in [1.82, 2.24) is 0 Å². The van der Waals surface area contributed by atoms with Crippen LogP contribution in [0.15, 0.2) is 0 Å². The topological polar surface area (TPSA) is 57.2 Å². The van der Waals surface area contributed by atoms with Crippen molar-refractivity contribution in [2.45, 2.75) is 70.4 Å². The van der Waals surface area contributed by atoms with E-state index in [2.05, 4.69) is 6.92 Å². The second-order valence-corrected chi connectivity index (χ2v) is 7.30. The lowest BCUT2D eigenvalue weighted by Crippen LogP contribution is -2.70. The van der Waals surface area contributed by atoms with Gasteiger partial charge < -0.3 is 14.6 Å². The Labute approximate surface area is 119 Å². The van der Waals surface area contributed by atoms with Crippen molar-refractivity contribution in [3.8, 4) is 0 Å². The molecule has 0 aromatic rings. The van der Waals surface area contributed by atoms with Crippen molar-refractivity contribution in [3.63, 3.8) is 0 Å². The third-order valence-electron chi connectivity index (χ3n) is 6.12. The summed E-state index contributed by atoms with van der Waals surface area (Å²) in [6.07, 6.45) is 2.72. The van der Waals surface area contributed by atoms with Crippen LogP contribution in [0.2, 0.25) is 0 Å². The van der Waals surface area contributed by atoms with E-state index in [1.54, 1.807) is 0 Å². The zero-order valence-electron chi connectivity index (χ0n) is 12.4. The zero-order chi connectivity index (χ0) is 14.1. The number of rotatable bonds is 0. The number of hydrogen-bond acceptors (Lipinski definition) is 5. The van der Waals surface area contributed by atoms with Gasteiger partial charge >= 0.3 is 0 Å². The Balaban J connectivity index is 1.82. The molecule has 0 aromatic carbocycles. The SMILES string of the molecule is CC1CCC2[C@@H](C)[C@@H](O)O[C@@H]3O[C@]4(C)CCC1C23OO4. The monoisotopic (exact) mass is 284 g/mol. The lowest BCUT2D eigenvalue weighted by molar-refractivity contribution is -0.576. The summed E-state index contributed by atoms with van der Waals surface area (Å²) in [7, 11) is 0. The third-order valence-corrected chi connectivity index (χ3v) is 6.12. The van der Waals surface area contributed by atoms with Gasteiger partial charge in [-0.05, 0) is 38.0 Å². The maximum absolute atomic E-state index is 10.2. The van der Waals surface area contributed by atoms with E-state index < -0.39 is 24.0 Å². The summed E-state index contributed by atoms with van der Waals surface area (Å²) in [5.41, 5.74) is -0.549. The first kappa shape index (κ1) is 13.5. The smallest absolute Gasteiger partial charge is 0.201 e. The van der Waals surface area contributed by atoms with Crippen LogP contribution in [0.25, 0.3) is 0 Å². The summed E-state index contributed by atoms with van der Waals surface area (Å²) in [5.74, 6) is 0.437. The van der Waals surface area contributed by atoms with Crippen LogP contribution in [0.5, 0.6) is 0 Å². The van der Waals surface area contributed by atoms with E-state index in [4.69, 9.17) is 19.2 Å². The van der Waals surface area contributed by atoms with E-state index >= 15 is 0 Å². The van der Waals surface area contributed by atoms with Gasteiger partial charge in [0, 0.05) is 18.3 Å². The highest BCUT2D eigenvalue weighted by molar-refractivity contribution is 5.08. The summed E-state index contributed by atoms with van der Waals surface area (Å²) in [6, 6.07) is 0. The fraction of sp³-hybridized carbons (Fsp3) is 1.00. The van der Waals surface area contributed by atoms with Crippen LogP contribution in [0.1, 0.15) is 46.5 Å². The van der Waals surface area contributed by atoms with Crippen LogP contribution >= 0.6 is 0 Å². The van der Waals surface area contributed by atoms with Crippen molar-refractivity contribution < 1.29 is 24.4 Å². The molecule has 4 heterocycles. The van der Waals surface area contributed by atoms with Crippen LogP contribution in [0.3, 0.4) is 0 Å². The van der Waals surface area contributed by atoms with Crippen LogP contribution in [0, 0.1) is 23.7 Å². The molecule has 5 rings (SSSR count). The molecule has 5 aliphatic rings. The molecule has 8 atom stereocenters. The summed E-state index contributed by atoms with van der Waals surface area (Å²) >= 11 is 0. The Kier molecular flexibility index (Phi) is 2.81. The molecule has 1 aliphatic carbocycles. The third kappa shape index (κ3) is 1.56. The van der Waals surface area contributed by atoms with Crippen LogP contribution in [-0.4, -0.2) is 29.1 Å². The fourth-order valence-corrected chi connectivity index (χ4v) is 4.89. The molecule has 4 unspecified atom stereocenters. The first-order valence-electron chi connectivity index (χ1n) is 7.84. The van der Waals surface area contributed by atoms with E-state index in [-0.39, 0.29) is 11.8 Å². The summed E-state index contributed by atoms with van der Waals surface area (Å²) in [5, 5.41) is 10.2. The van der Waals surface area contributed by atoms with E-state index in [0.717, 1.165) is 19.3 Å². The normalized spacial score (nSPS) is 61.8.